The SMILES string of the molecule is CCOC(=O)N1CCN(C(=O)C(CCC(=O)O)NC(=O)c2cc(OCC(=O)N3CCC[C@H]3c3ccc(C)cc3C)c3ccccc3n2)CC1. The zero-order valence-corrected chi connectivity index (χ0v) is 28.1. The minimum Gasteiger partial charge on any atom is -0.483 e. The molecular formula is C36H43N5O8. The first-order valence-electron chi connectivity index (χ1n) is 16.7. The van der Waals surface area contributed by atoms with Gasteiger partial charge in [-0.15, -0.1) is 0 Å². The Hall–Kier alpha value is -5.20. The van der Waals surface area contributed by atoms with Crippen LogP contribution in [0.1, 0.15) is 65.8 Å². The summed E-state index contributed by atoms with van der Waals surface area (Å²) in [6.07, 6.45) is 0.798. The van der Waals surface area contributed by atoms with Crippen LogP contribution in [-0.4, -0.2) is 107 Å². The van der Waals surface area contributed by atoms with Crippen LogP contribution in [0.2, 0.25) is 0 Å². The molecule has 2 N–H and O–H groups in total. The topological polar surface area (TPSA) is 159 Å². The molecule has 0 spiro atoms. The van der Waals surface area contributed by atoms with Crippen LogP contribution < -0.4 is 10.1 Å². The van der Waals surface area contributed by atoms with E-state index in [-0.39, 0.29) is 75.6 Å². The Morgan fingerprint density at radius 2 is 1.71 bits per heavy atom. The molecule has 4 amide bonds. The fourth-order valence-corrected chi connectivity index (χ4v) is 6.49. The van der Waals surface area contributed by atoms with Gasteiger partial charge >= 0.3 is 12.1 Å². The van der Waals surface area contributed by atoms with Crippen molar-refractivity contribution in [3.63, 3.8) is 0 Å². The zero-order valence-electron chi connectivity index (χ0n) is 28.1. The maximum atomic E-state index is 13.6. The molecule has 3 aromatic rings. The molecule has 2 atom stereocenters. The number of benzene rings is 2. The highest BCUT2D eigenvalue weighted by atomic mass is 16.6. The Morgan fingerprint density at radius 1 is 0.980 bits per heavy atom. The van der Waals surface area contributed by atoms with Gasteiger partial charge in [-0.2, -0.15) is 0 Å². The molecule has 1 aromatic heterocycles. The summed E-state index contributed by atoms with van der Waals surface area (Å²) in [5, 5.41) is 12.6. The maximum absolute atomic E-state index is 13.6. The Bertz CT molecular complexity index is 1720. The number of likely N-dealkylation sites (tertiary alicyclic amines) is 1. The summed E-state index contributed by atoms with van der Waals surface area (Å²) in [4.78, 5) is 73.5. The van der Waals surface area contributed by atoms with E-state index in [2.05, 4.69) is 35.4 Å². The van der Waals surface area contributed by atoms with E-state index >= 15 is 0 Å². The van der Waals surface area contributed by atoms with Crippen LogP contribution in [0.4, 0.5) is 4.79 Å². The molecule has 2 aromatic carbocycles. The van der Waals surface area contributed by atoms with Gasteiger partial charge in [0.25, 0.3) is 11.8 Å². The molecule has 260 valence electrons. The normalized spacial score (nSPS) is 16.7. The predicted molar refractivity (Wildman–Crippen MR) is 180 cm³/mol. The lowest BCUT2D eigenvalue weighted by Crippen LogP contribution is -2.56. The van der Waals surface area contributed by atoms with Crippen LogP contribution in [0, 0.1) is 13.8 Å². The van der Waals surface area contributed by atoms with Crippen molar-refractivity contribution in [2.75, 3.05) is 45.9 Å². The number of aryl methyl sites for hydroxylation is 2. The summed E-state index contributed by atoms with van der Waals surface area (Å²) in [5.41, 5.74) is 3.83. The second kappa shape index (κ2) is 15.8. The van der Waals surface area contributed by atoms with E-state index < -0.39 is 29.9 Å². The van der Waals surface area contributed by atoms with Gasteiger partial charge in [0.05, 0.1) is 18.2 Å². The second-order valence-electron chi connectivity index (χ2n) is 12.4. The van der Waals surface area contributed by atoms with E-state index in [1.807, 2.05) is 11.8 Å². The summed E-state index contributed by atoms with van der Waals surface area (Å²) in [5.74, 6) is -2.14. The van der Waals surface area contributed by atoms with Gasteiger partial charge in [0.15, 0.2) is 6.61 Å². The van der Waals surface area contributed by atoms with Crippen LogP contribution in [0.3, 0.4) is 0 Å². The van der Waals surface area contributed by atoms with Gasteiger partial charge < -0.3 is 34.6 Å². The number of rotatable bonds is 11. The molecule has 49 heavy (non-hydrogen) atoms. The molecule has 2 aliphatic heterocycles. The monoisotopic (exact) mass is 673 g/mol. The molecule has 0 saturated carbocycles. The summed E-state index contributed by atoms with van der Waals surface area (Å²) in [6, 6.07) is 13.6. The van der Waals surface area contributed by atoms with E-state index in [9.17, 15) is 29.1 Å². The van der Waals surface area contributed by atoms with Crippen molar-refractivity contribution in [2.45, 2.75) is 58.5 Å². The third kappa shape index (κ3) is 8.45. The minimum atomic E-state index is -1.14. The Morgan fingerprint density at radius 3 is 2.43 bits per heavy atom. The Labute approximate surface area is 285 Å². The van der Waals surface area contributed by atoms with Crippen molar-refractivity contribution in [1.29, 1.82) is 0 Å². The fourth-order valence-electron chi connectivity index (χ4n) is 6.49. The Balaban J connectivity index is 1.30. The summed E-state index contributed by atoms with van der Waals surface area (Å²) >= 11 is 0. The molecule has 0 bridgehead atoms. The highest BCUT2D eigenvalue weighted by Crippen LogP contribution is 2.34. The quantitative estimate of drug-likeness (QED) is 0.308. The van der Waals surface area contributed by atoms with Gasteiger partial charge in [-0.05, 0) is 63.3 Å². The van der Waals surface area contributed by atoms with Gasteiger partial charge in [-0.1, -0.05) is 35.9 Å². The third-order valence-corrected chi connectivity index (χ3v) is 8.99. The van der Waals surface area contributed by atoms with Crippen molar-refractivity contribution in [3.05, 3.63) is 70.9 Å². The van der Waals surface area contributed by atoms with Gasteiger partial charge in [-0.3, -0.25) is 19.2 Å². The zero-order chi connectivity index (χ0) is 35.1. The Kier molecular flexibility index (Phi) is 11.3. The molecule has 0 aliphatic carbocycles. The van der Waals surface area contributed by atoms with Crippen LogP contribution in [-0.2, 0) is 19.1 Å². The second-order valence-corrected chi connectivity index (χ2v) is 12.4. The number of aliphatic carboxylic acids is 1. The van der Waals surface area contributed by atoms with Crippen molar-refractivity contribution >= 4 is 40.7 Å². The number of piperazine rings is 1. The molecule has 3 heterocycles. The van der Waals surface area contributed by atoms with Crippen LogP contribution in [0.15, 0.2) is 48.5 Å². The van der Waals surface area contributed by atoms with Crippen LogP contribution in [0.25, 0.3) is 10.9 Å². The van der Waals surface area contributed by atoms with Crippen molar-refractivity contribution in [1.82, 2.24) is 25.0 Å². The molecule has 0 radical (unpaired) electrons. The summed E-state index contributed by atoms with van der Waals surface area (Å²) in [7, 11) is 0. The van der Waals surface area contributed by atoms with E-state index in [1.54, 1.807) is 31.2 Å². The molecule has 2 aliphatic rings. The highest BCUT2D eigenvalue weighted by molar-refractivity contribution is 5.99. The fraction of sp³-hybridized carbons (Fsp3) is 0.444. The average Bonchev–Trinajstić information content (AvgIpc) is 3.58. The highest BCUT2D eigenvalue weighted by Gasteiger charge is 2.33. The number of amides is 4. The number of para-hydroxylation sites is 1. The van der Waals surface area contributed by atoms with Gasteiger partial charge in [0, 0.05) is 50.6 Å². The number of hydrogen-bond acceptors (Lipinski definition) is 8. The van der Waals surface area contributed by atoms with Crippen molar-refractivity contribution < 1.29 is 38.6 Å². The van der Waals surface area contributed by atoms with E-state index in [4.69, 9.17) is 9.47 Å². The van der Waals surface area contributed by atoms with Crippen molar-refractivity contribution in [2.24, 2.45) is 0 Å². The first kappa shape index (κ1) is 35.1. The molecular weight excluding hydrogens is 630 g/mol. The first-order valence-corrected chi connectivity index (χ1v) is 16.7. The average molecular weight is 674 g/mol. The number of hydrogen-bond donors (Lipinski definition) is 2. The maximum Gasteiger partial charge on any atom is 0.409 e. The van der Waals surface area contributed by atoms with Crippen LogP contribution in [0.5, 0.6) is 5.75 Å². The van der Waals surface area contributed by atoms with Gasteiger partial charge in [-0.25, -0.2) is 9.78 Å². The largest absolute Gasteiger partial charge is 0.483 e. The molecule has 1 unspecified atom stereocenters. The third-order valence-electron chi connectivity index (χ3n) is 8.99. The number of carboxylic acids is 1. The van der Waals surface area contributed by atoms with Crippen molar-refractivity contribution in [3.8, 4) is 5.75 Å². The smallest absolute Gasteiger partial charge is 0.409 e. The predicted octanol–water partition coefficient (Wildman–Crippen LogP) is 3.86. The number of carbonyl (C=O) groups excluding carboxylic acids is 4. The number of nitrogens with zero attached hydrogens (tertiary/aromatic N) is 4. The molecule has 5 rings (SSSR count). The van der Waals surface area contributed by atoms with Crippen LogP contribution >= 0.6 is 0 Å². The van der Waals surface area contributed by atoms with E-state index in [1.165, 1.54) is 15.9 Å². The number of carboxylic acid groups (broad SMARTS) is 1. The van der Waals surface area contributed by atoms with Gasteiger partial charge in [0.2, 0.25) is 5.91 Å². The van der Waals surface area contributed by atoms with Gasteiger partial charge in [0.1, 0.15) is 17.5 Å². The summed E-state index contributed by atoms with van der Waals surface area (Å²) in [6.45, 7) is 7.34. The number of aromatic nitrogens is 1. The number of ether oxygens (including phenoxy) is 2. The minimum absolute atomic E-state index is 0.0411. The lowest BCUT2D eigenvalue weighted by atomic mass is 9.97. The molecule has 2 fully saturated rings. The summed E-state index contributed by atoms with van der Waals surface area (Å²) < 4.78 is 11.1. The number of fused-ring (bicyclic) bond motifs is 1. The molecule has 13 heteroatoms. The number of nitrogens with one attached hydrogen (secondary N) is 1. The molecule has 2 saturated heterocycles. The standard InChI is InChI=1S/C36H43N5O8/c1-4-48-36(47)40-18-16-39(17-19-40)35(46)28(13-14-33(43)44)38-34(45)29-21-31(26-8-5-6-9-27(26)37-29)49-22-32(42)41-15-7-10-30(41)25-12-11-23(2)20-24(25)3/h5-6,8-9,11-12,20-21,28,30H,4,7,10,13-19,22H2,1-3H3,(H,38,45)(H,43,44)/t28?,30-/m0/s1. The van der Waals surface area contributed by atoms with E-state index in [0.29, 0.717) is 17.4 Å². The molecule has 13 nitrogen and oxygen atoms in total. The van der Waals surface area contributed by atoms with E-state index in [0.717, 1.165) is 29.5 Å². The number of carbonyl (C=O) groups is 5. The lowest BCUT2D eigenvalue weighted by Gasteiger charge is -2.35. The number of pyridine rings is 1. The first-order chi connectivity index (χ1) is 23.5. The lowest BCUT2D eigenvalue weighted by molar-refractivity contribution is -0.138.